The van der Waals surface area contributed by atoms with Crippen LogP contribution in [0.5, 0.6) is 0 Å². The van der Waals surface area contributed by atoms with Crippen LogP contribution in [0.25, 0.3) is 0 Å². The number of aromatic nitrogens is 1. The molecule has 5 nitrogen and oxygen atoms in total. The van der Waals surface area contributed by atoms with Gasteiger partial charge in [0.15, 0.2) is 0 Å². The molecule has 1 N–H and O–H groups in total. The fourth-order valence-corrected chi connectivity index (χ4v) is 3.16. The van der Waals surface area contributed by atoms with E-state index in [9.17, 15) is 9.59 Å². The number of rotatable bonds is 3. The van der Waals surface area contributed by atoms with Crippen molar-refractivity contribution in [2.45, 2.75) is 33.2 Å². The van der Waals surface area contributed by atoms with Gasteiger partial charge < -0.3 is 14.8 Å². The van der Waals surface area contributed by atoms with Crippen molar-refractivity contribution < 1.29 is 4.79 Å². The van der Waals surface area contributed by atoms with Gasteiger partial charge >= 0.3 is 4.87 Å². The van der Waals surface area contributed by atoms with Gasteiger partial charge in [-0.2, -0.15) is 0 Å². The fourth-order valence-electron chi connectivity index (χ4n) is 2.31. The first-order chi connectivity index (χ1) is 9.09. The summed E-state index contributed by atoms with van der Waals surface area (Å²) in [6.07, 6.45) is 1.42. The van der Waals surface area contributed by atoms with E-state index in [0.717, 1.165) is 43.2 Å². The van der Waals surface area contributed by atoms with Gasteiger partial charge in [0.1, 0.15) is 0 Å². The first-order valence-electron chi connectivity index (χ1n) is 6.75. The molecule has 0 aromatic carbocycles. The van der Waals surface area contributed by atoms with Crippen LogP contribution in [0.15, 0.2) is 4.79 Å². The Hall–Kier alpha value is -1.14. The molecule has 1 aliphatic heterocycles. The van der Waals surface area contributed by atoms with E-state index in [2.05, 4.69) is 5.32 Å². The first-order valence-corrected chi connectivity index (χ1v) is 7.56. The molecule has 1 aromatic rings. The third kappa shape index (κ3) is 3.45. The minimum absolute atomic E-state index is 0.0420. The number of thiazole rings is 1. The third-order valence-electron chi connectivity index (χ3n) is 3.62. The maximum atomic E-state index is 12.1. The van der Waals surface area contributed by atoms with Crippen LogP contribution in [0.4, 0.5) is 0 Å². The first kappa shape index (κ1) is 14.3. The van der Waals surface area contributed by atoms with E-state index < -0.39 is 0 Å². The second-order valence-electron chi connectivity index (χ2n) is 4.90. The van der Waals surface area contributed by atoms with Crippen LogP contribution in [0.1, 0.15) is 23.4 Å². The highest BCUT2D eigenvalue weighted by molar-refractivity contribution is 7.09. The molecule has 0 bridgehead atoms. The summed E-state index contributed by atoms with van der Waals surface area (Å²) in [4.78, 5) is 26.9. The maximum Gasteiger partial charge on any atom is 0.307 e. The summed E-state index contributed by atoms with van der Waals surface area (Å²) in [5, 5.41) is 3.28. The average molecular weight is 283 g/mol. The van der Waals surface area contributed by atoms with Crippen LogP contribution >= 0.6 is 11.3 Å². The van der Waals surface area contributed by atoms with Gasteiger partial charge in [-0.05, 0) is 26.8 Å². The summed E-state index contributed by atoms with van der Waals surface area (Å²) in [6.45, 7) is 7.82. The zero-order valence-electron chi connectivity index (χ0n) is 11.6. The van der Waals surface area contributed by atoms with E-state index in [4.69, 9.17) is 0 Å². The molecule has 19 heavy (non-hydrogen) atoms. The molecule has 2 heterocycles. The number of hydrogen-bond acceptors (Lipinski definition) is 4. The lowest BCUT2D eigenvalue weighted by molar-refractivity contribution is -0.131. The molecule has 1 amide bonds. The Morgan fingerprint density at radius 2 is 2.11 bits per heavy atom. The average Bonchev–Trinajstić information content (AvgIpc) is 2.62. The van der Waals surface area contributed by atoms with Crippen molar-refractivity contribution in [1.29, 1.82) is 0 Å². The Morgan fingerprint density at radius 1 is 1.32 bits per heavy atom. The van der Waals surface area contributed by atoms with Gasteiger partial charge in [-0.1, -0.05) is 11.3 Å². The van der Waals surface area contributed by atoms with Gasteiger partial charge in [0.05, 0.1) is 0 Å². The number of nitrogens with one attached hydrogen (secondary N) is 1. The van der Waals surface area contributed by atoms with E-state index >= 15 is 0 Å². The van der Waals surface area contributed by atoms with Crippen molar-refractivity contribution in [2.75, 3.05) is 26.2 Å². The molecule has 1 saturated heterocycles. The molecule has 1 fully saturated rings. The van der Waals surface area contributed by atoms with Crippen LogP contribution in [-0.4, -0.2) is 41.6 Å². The van der Waals surface area contributed by atoms with Crippen LogP contribution < -0.4 is 10.2 Å². The molecule has 0 radical (unpaired) electrons. The molecule has 1 aromatic heterocycles. The van der Waals surface area contributed by atoms with Gasteiger partial charge in [0.2, 0.25) is 5.91 Å². The molecular formula is C13H21N3O2S. The summed E-state index contributed by atoms with van der Waals surface area (Å²) in [6, 6.07) is 0. The maximum absolute atomic E-state index is 12.1. The van der Waals surface area contributed by atoms with E-state index in [-0.39, 0.29) is 10.8 Å². The Labute approximate surface area is 117 Å². The van der Waals surface area contributed by atoms with E-state index in [0.29, 0.717) is 13.0 Å². The lowest BCUT2D eigenvalue weighted by atomic mass is 10.3. The topological polar surface area (TPSA) is 54.3 Å². The summed E-state index contributed by atoms with van der Waals surface area (Å²) in [7, 11) is 0. The normalized spacial score (nSPS) is 16.4. The van der Waals surface area contributed by atoms with Crippen molar-refractivity contribution in [2.24, 2.45) is 0 Å². The van der Waals surface area contributed by atoms with Crippen molar-refractivity contribution in [1.82, 2.24) is 14.8 Å². The Bertz CT molecular complexity index is 498. The second kappa shape index (κ2) is 6.34. The van der Waals surface area contributed by atoms with E-state index in [1.165, 1.54) is 11.3 Å². The highest BCUT2D eigenvalue weighted by atomic mass is 32.1. The number of amides is 1. The zero-order chi connectivity index (χ0) is 13.8. The van der Waals surface area contributed by atoms with Gasteiger partial charge in [0, 0.05) is 43.2 Å². The van der Waals surface area contributed by atoms with Gasteiger partial charge in [-0.15, -0.1) is 0 Å². The largest absolute Gasteiger partial charge is 0.341 e. The monoisotopic (exact) mass is 283 g/mol. The summed E-state index contributed by atoms with van der Waals surface area (Å²) >= 11 is 1.26. The Kier molecular flexibility index (Phi) is 4.76. The minimum Gasteiger partial charge on any atom is -0.341 e. The quantitative estimate of drug-likeness (QED) is 0.890. The number of hydrogen-bond donors (Lipinski definition) is 1. The van der Waals surface area contributed by atoms with E-state index in [1.807, 2.05) is 18.7 Å². The molecule has 1 aliphatic rings. The molecule has 106 valence electrons. The highest BCUT2D eigenvalue weighted by Gasteiger charge is 2.16. The number of carbonyl (C=O) groups excluding carboxylic acids is 1. The lowest BCUT2D eigenvalue weighted by Crippen LogP contribution is -2.35. The molecule has 2 rings (SSSR count). The number of nitrogens with zero attached hydrogens (tertiary/aromatic N) is 2. The predicted octanol–water partition coefficient (Wildman–Crippen LogP) is 0.739. The molecule has 0 saturated carbocycles. The SMILES string of the molecule is Cc1sc(=O)n(CCC(=O)N2CCCNCC2)c1C. The minimum atomic E-state index is 0.0420. The molecular weight excluding hydrogens is 262 g/mol. The lowest BCUT2D eigenvalue weighted by Gasteiger charge is -2.20. The Balaban J connectivity index is 1.94. The summed E-state index contributed by atoms with van der Waals surface area (Å²) in [5.41, 5.74) is 0.986. The van der Waals surface area contributed by atoms with Crippen LogP contribution in [-0.2, 0) is 11.3 Å². The molecule has 0 unspecified atom stereocenters. The van der Waals surface area contributed by atoms with Crippen molar-refractivity contribution in [3.63, 3.8) is 0 Å². The number of aryl methyl sites for hydroxylation is 1. The van der Waals surface area contributed by atoms with E-state index in [1.54, 1.807) is 4.57 Å². The fraction of sp³-hybridized carbons (Fsp3) is 0.692. The smallest absolute Gasteiger partial charge is 0.307 e. The van der Waals surface area contributed by atoms with Gasteiger partial charge in [-0.25, -0.2) is 0 Å². The van der Waals surface area contributed by atoms with Crippen LogP contribution in [0, 0.1) is 13.8 Å². The highest BCUT2D eigenvalue weighted by Crippen LogP contribution is 2.10. The van der Waals surface area contributed by atoms with Gasteiger partial charge in [0.25, 0.3) is 0 Å². The van der Waals surface area contributed by atoms with Crippen molar-refractivity contribution >= 4 is 17.2 Å². The van der Waals surface area contributed by atoms with Crippen LogP contribution in [0.3, 0.4) is 0 Å². The predicted molar refractivity (Wildman–Crippen MR) is 76.7 cm³/mol. The van der Waals surface area contributed by atoms with Crippen molar-refractivity contribution in [3.8, 4) is 0 Å². The van der Waals surface area contributed by atoms with Crippen LogP contribution in [0.2, 0.25) is 0 Å². The molecule has 0 atom stereocenters. The summed E-state index contributed by atoms with van der Waals surface area (Å²) in [5.74, 6) is 0.152. The zero-order valence-corrected chi connectivity index (χ0v) is 12.4. The Morgan fingerprint density at radius 3 is 2.79 bits per heavy atom. The van der Waals surface area contributed by atoms with Gasteiger partial charge in [-0.3, -0.25) is 9.59 Å². The standard InChI is InChI=1S/C13H21N3O2S/c1-10-11(2)19-13(18)16(10)8-4-12(17)15-7-3-5-14-6-9-15/h14H,3-9H2,1-2H3. The molecule has 6 heteroatoms. The summed E-state index contributed by atoms with van der Waals surface area (Å²) < 4.78 is 1.72. The molecule has 0 spiro atoms. The third-order valence-corrected chi connectivity index (χ3v) is 4.61. The van der Waals surface area contributed by atoms with Crippen molar-refractivity contribution in [3.05, 3.63) is 20.2 Å². The number of carbonyl (C=O) groups is 1. The second-order valence-corrected chi connectivity index (χ2v) is 6.06. The molecule has 0 aliphatic carbocycles.